The van der Waals surface area contributed by atoms with Crippen molar-refractivity contribution in [1.29, 1.82) is 0 Å². The molecule has 0 bridgehead atoms. The van der Waals surface area contributed by atoms with Crippen LogP contribution in [0.5, 0.6) is 0 Å². The van der Waals surface area contributed by atoms with Crippen LogP contribution in [-0.4, -0.2) is 31.7 Å². The predicted molar refractivity (Wildman–Crippen MR) is 125 cm³/mol. The van der Waals surface area contributed by atoms with Crippen molar-refractivity contribution in [1.82, 2.24) is 9.62 Å². The molecule has 1 aliphatic rings. The fraction of sp³-hybridized carbons (Fsp3) is 0.480. The molecule has 2 aromatic carbocycles. The molecule has 0 aromatic heterocycles. The Morgan fingerprint density at radius 3 is 2.29 bits per heavy atom. The summed E-state index contributed by atoms with van der Waals surface area (Å²) in [5.41, 5.74) is 4.63. The Morgan fingerprint density at radius 2 is 1.68 bits per heavy atom. The van der Waals surface area contributed by atoms with Crippen LogP contribution in [0, 0.1) is 26.7 Å². The van der Waals surface area contributed by atoms with E-state index >= 15 is 0 Å². The fourth-order valence-corrected chi connectivity index (χ4v) is 5.52. The summed E-state index contributed by atoms with van der Waals surface area (Å²) in [6.45, 7) is 11.2. The second kappa shape index (κ2) is 9.53. The highest BCUT2D eigenvalue weighted by Crippen LogP contribution is 2.26. The van der Waals surface area contributed by atoms with Gasteiger partial charge in [0.05, 0.1) is 10.9 Å². The number of aryl methyl sites for hydroxylation is 3. The molecular formula is C25H34N2O3S. The number of hydrogen-bond donors (Lipinski definition) is 1. The zero-order valence-corrected chi connectivity index (χ0v) is 20.1. The van der Waals surface area contributed by atoms with E-state index in [2.05, 4.69) is 38.2 Å². The molecule has 1 unspecified atom stereocenters. The molecule has 0 saturated carbocycles. The Hall–Kier alpha value is -2.18. The van der Waals surface area contributed by atoms with E-state index < -0.39 is 10.0 Å². The molecule has 2 aromatic rings. The number of sulfonamides is 1. The minimum absolute atomic E-state index is 0.130. The minimum atomic E-state index is -3.60. The van der Waals surface area contributed by atoms with Crippen molar-refractivity contribution in [2.24, 2.45) is 5.92 Å². The molecule has 1 N–H and O–H groups in total. The number of amides is 1. The highest BCUT2D eigenvalue weighted by atomic mass is 32.2. The number of carbonyl (C=O) groups is 1. The van der Waals surface area contributed by atoms with E-state index in [4.69, 9.17) is 0 Å². The molecule has 1 fully saturated rings. The van der Waals surface area contributed by atoms with Gasteiger partial charge in [-0.05, 0) is 80.3 Å². The quantitative estimate of drug-likeness (QED) is 0.691. The maximum atomic E-state index is 13.1. The second-order valence-electron chi connectivity index (χ2n) is 8.84. The first-order valence-corrected chi connectivity index (χ1v) is 12.6. The monoisotopic (exact) mass is 442 g/mol. The molecule has 1 atom stereocenters. The molecule has 6 heteroatoms. The summed E-state index contributed by atoms with van der Waals surface area (Å²) in [6.07, 6.45) is 2.48. The first-order chi connectivity index (χ1) is 14.6. The van der Waals surface area contributed by atoms with Crippen molar-refractivity contribution in [3.63, 3.8) is 0 Å². The van der Waals surface area contributed by atoms with Gasteiger partial charge in [-0.2, -0.15) is 4.31 Å². The summed E-state index contributed by atoms with van der Waals surface area (Å²) < 4.78 is 27.8. The maximum absolute atomic E-state index is 13.1. The number of hydrogen-bond acceptors (Lipinski definition) is 3. The topological polar surface area (TPSA) is 66.5 Å². The number of nitrogens with one attached hydrogen (secondary N) is 1. The highest BCUT2D eigenvalue weighted by Gasteiger charge is 2.29. The minimum Gasteiger partial charge on any atom is -0.345 e. The van der Waals surface area contributed by atoms with Crippen molar-refractivity contribution in [3.05, 3.63) is 64.2 Å². The number of nitrogens with zero attached hydrogens (tertiary/aromatic N) is 1. The van der Waals surface area contributed by atoms with E-state index in [1.54, 1.807) is 16.4 Å². The molecular weight excluding hydrogens is 408 g/mol. The van der Waals surface area contributed by atoms with Gasteiger partial charge in [0.25, 0.3) is 5.91 Å². The van der Waals surface area contributed by atoms with E-state index in [-0.39, 0.29) is 16.8 Å². The van der Waals surface area contributed by atoms with Crippen LogP contribution in [0.15, 0.2) is 41.3 Å². The number of benzene rings is 2. The molecule has 5 nitrogen and oxygen atoms in total. The maximum Gasteiger partial charge on any atom is 0.252 e. The zero-order chi connectivity index (χ0) is 22.8. The van der Waals surface area contributed by atoms with Crippen molar-refractivity contribution in [3.8, 4) is 0 Å². The van der Waals surface area contributed by atoms with Gasteiger partial charge in [0, 0.05) is 18.7 Å². The summed E-state index contributed by atoms with van der Waals surface area (Å²) in [6, 6.07) is 11.0. The zero-order valence-electron chi connectivity index (χ0n) is 19.2. The predicted octanol–water partition coefficient (Wildman–Crippen LogP) is 4.91. The Morgan fingerprint density at radius 1 is 1.03 bits per heavy atom. The van der Waals surface area contributed by atoms with E-state index in [0.29, 0.717) is 24.6 Å². The standard InChI is InChI=1S/C25H34N2O3S/c1-6-24(21-9-7-18(3)20(5)15-21)26-25(28)23-16-22(10-8-19(23)4)31(29,30)27-13-11-17(2)12-14-27/h7-10,15-17,24H,6,11-14H2,1-5H3,(H,26,28). The van der Waals surface area contributed by atoms with Crippen LogP contribution in [0.3, 0.4) is 0 Å². The summed E-state index contributed by atoms with van der Waals surface area (Å²) in [5.74, 6) is 0.300. The fourth-order valence-electron chi connectivity index (χ4n) is 4.02. The Bertz CT molecular complexity index is 1050. The van der Waals surface area contributed by atoms with Crippen molar-refractivity contribution >= 4 is 15.9 Å². The van der Waals surface area contributed by atoms with Gasteiger partial charge in [0.15, 0.2) is 0 Å². The van der Waals surface area contributed by atoms with Gasteiger partial charge in [-0.1, -0.05) is 38.1 Å². The van der Waals surface area contributed by atoms with Gasteiger partial charge in [0.2, 0.25) is 10.0 Å². The lowest BCUT2D eigenvalue weighted by molar-refractivity contribution is 0.0934. The number of carbonyl (C=O) groups excluding carboxylic acids is 1. The molecule has 168 valence electrons. The highest BCUT2D eigenvalue weighted by molar-refractivity contribution is 7.89. The third-order valence-electron chi connectivity index (χ3n) is 6.48. The smallest absolute Gasteiger partial charge is 0.252 e. The largest absolute Gasteiger partial charge is 0.345 e. The van der Waals surface area contributed by atoms with Crippen LogP contribution in [-0.2, 0) is 10.0 Å². The van der Waals surface area contributed by atoms with Crippen molar-refractivity contribution in [2.75, 3.05) is 13.1 Å². The van der Waals surface area contributed by atoms with E-state index in [9.17, 15) is 13.2 Å². The van der Waals surface area contributed by atoms with Crippen molar-refractivity contribution < 1.29 is 13.2 Å². The van der Waals surface area contributed by atoms with Gasteiger partial charge >= 0.3 is 0 Å². The van der Waals surface area contributed by atoms with E-state index in [0.717, 1.165) is 30.4 Å². The Kier molecular flexibility index (Phi) is 7.22. The van der Waals surface area contributed by atoms with Crippen LogP contribution >= 0.6 is 0 Å². The number of piperidine rings is 1. The molecule has 1 amide bonds. The third-order valence-corrected chi connectivity index (χ3v) is 8.38. The molecule has 3 rings (SSSR count). The first kappa shape index (κ1) is 23.5. The van der Waals surface area contributed by atoms with Gasteiger partial charge in [-0.25, -0.2) is 8.42 Å². The summed E-state index contributed by atoms with van der Waals surface area (Å²) >= 11 is 0. The number of rotatable bonds is 6. The van der Waals surface area contributed by atoms with Gasteiger partial charge in [0.1, 0.15) is 0 Å². The Labute approximate surface area is 186 Å². The normalized spacial score (nSPS) is 16.8. The van der Waals surface area contributed by atoms with Gasteiger partial charge in [-0.3, -0.25) is 4.79 Å². The summed E-state index contributed by atoms with van der Waals surface area (Å²) in [7, 11) is -3.60. The van der Waals surface area contributed by atoms with Gasteiger partial charge < -0.3 is 5.32 Å². The lowest BCUT2D eigenvalue weighted by Crippen LogP contribution is -2.38. The Balaban J connectivity index is 1.85. The average Bonchev–Trinajstić information content (AvgIpc) is 2.74. The van der Waals surface area contributed by atoms with Crippen LogP contribution in [0.1, 0.15) is 71.8 Å². The molecule has 1 saturated heterocycles. The molecule has 1 heterocycles. The molecule has 1 aliphatic heterocycles. The van der Waals surface area contributed by atoms with Crippen LogP contribution in [0.2, 0.25) is 0 Å². The lowest BCUT2D eigenvalue weighted by Gasteiger charge is -2.29. The van der Waals surface area contributed by atoms with Crippen LogP contribution in [0.25, 0.3) is 0 Å². The lowest BCUT2D eigenvalue weighted by atomic mass is 9.99. The molecule has 0 spiro atoms. The molecule has 31 heavy (non-hydrogen) atoms. The van der Waals surface area contributed by atoms with Gasteiger partial charge in [-0.15, -0.1) is 0 Å². The van der Waals surface area contributed by atoms with Crippen LogP contribution in [0.4, 0.5) is 0 Å². The third kappa shape index (κ3) is 5.18. The molecule has 0 radical (unpaired) electrons. The second-order valence-corrected chi connectivity index (χ2v) is 10.8. The van der Waals surface area contributed by atoms with Crippen molar-refractivity contribution in [2.45, 2.75) is 64.8 Å². The summed E-state index contributed by atoms with van der Waals surface area (Å²) in [5, 5.41) is 3.10. The SMILES string of the molecule is CCC(NC(=O)c1cc(S(=O)(=O)N2CCC(C)CC2)ccc1C)c1ccc(C)c(C)c1. The van der Waals surface area contributed by atoms with E-state index in [1.807, 2.05) is 19.9 Å². The molecule has 0 aliphatic carbocycles. The summed E-state index contributed by atoms with van der Waals surface area (Å²) in [4.78, 5) is 13.3. The first-order valence-electron chi connectivity index (χ1n) is 11.1. The van der Waals surface area contributed by atoms with Crippen LogP contribution < -0.4 is 5.32 Å². The van der Waals surface area contributed by atoms with E-state index in [1.165, 1.54) is 17.2 Å². The average molecular weight is 443 g/mol.